The van der Waals surface area contributed by atoms with Gasteiger partial charge in [-0.1, -0.05) is 23.7 Å². The molecule has 0 aliphatic carbocycles. The van der Waals surface area contributed by atoms with Gasteiger partial charge in [0.15, 0.2) is 0 Å². The van der Waals surface area contributed by atoms with Crippen LogP contribution < -0.4 is 5.32 Å². The minimum absolute atomic E-state index is 0.105. The van der Waals surface area contributed by atoms with Gasteiger partial charge >= 0.3 is 0 Å². The van der Waals surface area contributed by atoms with E-state index in [4.69, 9.17) is 16.7 Å². The second-order valence-electron chi connectivity index (χ2n) is 4.49. The Morgan fingerprint density at radius 1 is 1.47 bits per heavy atom. The molecule has 2 rings (SSSR count). The maximum absolute atomic E-state index is 8.83. The molecule has 0 unspecified atom stereocenters. The fourth-order valence-electron chi connectivity index (χ4n) is 1.89. The van der Waals surface area contributed by atoms with Gasteiger partial charge in [0.05, 0.1) is 19.3 Å². The molecule has 0 spiro atoms. The lowest BCUT2D eigenvalue weighted by Gasteiger charge is -2.13. The van der Waals surface area contributed by atoms with Crippen molar-refractivity contribution in [2.45, 2.75) is 26.1 Å². The Morgan fingerprint density at radius 2 is 2.32 bits per heavy atom. The number of hydrogen-bond acceptors (Lipinski definition) is 3. The Labute approximate surface area is 118 Å². The predicted octanol–water partition coefficient (Wildman–Crippen LogP) is 2.38. The summed E-state index contributed by atoms with van der Waals surface area (Å²) in [6.45, 7) is 3.47. The van der Waals surface area contributed by atoms with Gasteiger partial charge < -0.3 is 10.4 Å². The van der Waals surface area contributed by atoms with Gasteiger partial charge in [-0.3, -0.25) is 4.68 Å². The number of halogens is 1. The highest BCUT2D eigenvalue weighted by molar-refractivity contribution is 6.30. The van der Waals surface area contributed by atoms with Gasteiger partial charge in [-0.25, -0.2) is 0 Å². The molecule has 0 bridgehead atoms. The first-order chi connectivity index (χ1) is 9.19. The highest BCUT2D eigenvalue weighted by Crippen LogP contribution is 2.17. The molecule has 19 heavy (non-hydrogen) atoms. The molecule has 1 heterocycles. The van der Waals surface area contributed by atoms with Crippen molar-refractivity contribution in [2.24, 2.45) is 0 Å². The summed E-state index contributed by atoms with van der Waals surface area (Å²) in [5.74, 6) is 0. The normalized spacial score (nSPS) is 12.6. The van der Waals surface area contributed by atoms with Crippen LogP contribution in [0.1, 0.15) is 24.1 Å². The third-order valence-electron chi connectivity index (χ3n) is 2.98. The number of rotatable bonds is 6. The van der Waals surface area contributed by atoms with Crippen LogP contribution in [0.25, 0.3) is 0 Å². The van der Waals surface area contributed by atoms with Crippen LogP contribution in [0.3, 0.4) is 0 Å². The lowest BCUT2D eigenvalue weighted by atomic mass is 10.1. The van der Waals surface area contributed by atoms with Crippen LogP contribution in [0.4, 0.5) is 0 Å². The summed E-state index contributed by atoms with van der Waals surface area (Å²) in [6.07, 6.45) is 3.75. The molecular formula is C14H18ClN3O. The largest absolute Gasteiger partial charge is 0.394 e. The number of nitrogens with zero attached hydrogens (tertiary/aromatic N) is 2. The molecule has 5 heteroatoms. The Bertz CT molecular complexity index is 527. The standard InChI is InChI=1S/C14H18ClN3O/c1-11(13-3-2-4-14(15)7-13)16-8-12-9-17-18(10-12)5-6-19/h2-4,7,9-11,16,19H,5-6,8H2,1H3/t11-/m1/s1. The van der Waals surface area contributed by atoms with Crippen molar-refractivity contribution < 1.29 is 5.11 Å². The third-order valence-corrected chi connectivity index (χ3v) is 3.21. The summed E-state index contributed by atoms with van der Waals surface area (Å²) >= 11 is 5.98. The Morgan fingerprint density at radius 3 is 3.05 bits per heavy atom. The first kappa shape index (κ1) is 14.1. The summed E-state index contributed by atoms with van der Waals surface area (Å²) < 4.78 is 1.74. The topological polar surface area (TPSA) is 50.1 Å². The molecule has 2 N–H and O–H groups in total. The number of aliphatic hydroxyl groups is 1. The van der Waals surface area contributed by atoms with Crippen molar-refractivity contribution in [3.63, 3.8) is 0 Å². The highest BCUT2D eigenvalue weighted by atomic mass is 35.5. The molecule has 0 aliphatic rings. The summed E-state index contributed by atoms with van der Waals surface area (Å²) in [6, 6.07) is 8.07. The van der Waals surface area contributed by atoms with E-state index in [0.29, 0.717) is 6.54 Å². The maximum atomic E-state index is 8.83. The quantitative estimate of drug-likeness (QED) is 0.854. The zero-order valence-electron chi connectivity index (χ0n) is 10.9. The second kappa shape index (κ2) is 6.70. The van der Waals surface area contributed by atoms with Crippen LogP contribution >= 0.6 is 11.6 Å². The molecular weight excluding hydrogens is 262 g/mol. The van der Waals surface area contributed by atoms with Gasteiger partial charge in [0.2, 0.25) is 0 Å². The van der Waals surface area contributed by atoms with Gasteiger partial charge in [-0.2, -0.15) is 5.10 Å². The number of hydrogen-bond donors (Lipinski definition) is 2. The molecule has 102 valence electrons. The summed E-state index contributed by atoms with van der Waals surface area (Å²) in [4.78, 5) is 0. The Kier molecular flexibility index (Phi) is 4.96. The van der Waals surface area contributed by atoms with Crippen LogP contribution in [0.2, 0.25) is 5.02 Å². The van der Waals surface area contributed by atoms with E-state index in [9.17, 15) is 0 Å². The smallest absolute Gasteiger partial charge is 0.0640 e. The second-order valence-corrected chi connectivity index (χ2v) is 4.93. The van der Waals surface area contributed by atoms with E-state index in [-0.39, 0.29) is 12.6 Å². The number of aromatic nitrogens is 2. The summed E-state index contributed by atoms with van der Waals surface area (Å²) in [5.41, 5.74) is 2.26. The van der Waals surface area contributed by atoms with E-state index < -0.39 is 0 Å². The zero-order valence-corrected chi connectivity index (χ0v) is 11.6. The first-order valence-corrected chi connectivity index (χ1v) is 6.68. The molecule has 1 aromatic heterocycles. The van der Waals surface area contributed by atoms with Gasteiger partial charge in [0, 0.05) is 29.4 Å². The van der Waals surface area contributed by atoms with Crippen molar-refractivity contribution in [1.82, 2.24) is 15.1 Å². The van der Waals surface area contributed by atoms with Gasteiger partial charge in [0.1, 0.15) is 0 Å². The van der Waals surface area contributed by atoms with Crippen molar-refractivity contribution in [3.05, 3.63) is 52.8 Å². The van der Waals surface area contributed by atoms with E-state index >= 15 is 0 Å². The van der Waals surface area contributed by atoms with Crippen LogP contribution in [0.5, 0.6) is 0 Å². The molecule has 0 saturated heterocycles. The van der Waals surface area contributed by atoms with Crippen LogP contribution in [0.15, 0.2) is 36.7 Å². The van der Waals surface area contributed by atoms with Crippen molar-refractivity contribution in [2.75, 3.05) is 6.61 Å². The summed E-state index contributed by atoms with van der Waals surface area (Å²) in [7, 11) is 0. The van der Waals surface area contributed by atoms with Gasteiger partial charge in [-0.05, 0) is 24.6 Å². The molecule has 1 aromatic carbocycles. The number of benzene rings is 1. The maximum Gasteiger partial charge on any atom is 0.0640 e. The highest BCUT2D eigenvalue weighted by Gasteiger charge is 2.06. The SMILES string of the molecule is C[C@@H](NCc1cnn(CCO)c1)c1cccc(Cl)c1. The first-order valence-electron chi connectivity index (χ1n) is 6.30. The molecule has 1 atom stereocenters. The lowest BCUT2D eigenvalue weighted by molar-refractivity contribution is 0.269. The number of nitrogens with one attached hydrogen (secondary N) is 1. The van der Waals surface area contributed by atoms with Crippen molar-refractivity contribution >= 4 is 11.6 Å². The Hall–Kier alpha value is -1.36. The van der Waals surface area contributed by atoms with E-state index in [1.54, 1.807) is 4.68 Å². The minimum atomic E-state index is 0.105. The van der Waals surface area contributed by atoms with Crippen LogP contribution in [-0.2, 0) is 13.1 Å². The van der Waals surface area contributed by atoms with Crippen molar-refractivity contribution in [1.29, 1.82) is 0 Å². The average molecular weight is 280 g/mol. The van der Waals surface area contributed by atoms with E-state index in [2.05, 4.69) is 23.4 Å². The zero-order chi connectivity index (χ0) is 13.7. The molecule has 0 radical (unpaired) electrons. The monoisotopic (exact) mass is 279 g/mol. The molecule has 0 fully saturated rings. The van der Waals surface area contributed by atoms with Crippen LogP contribution in [0, 0.1) is 0 Å². The molecule has 0 aliphatic heterocycles. The summed E-state index contributed by atoms with van der Waals surface area (Å²) in [5, 5.41) is 17.2. The molecule has 0 saturated carbocycles. The van der Waals surface area contributed by atoms with Crippen LogP contribution in [-0.4, -0.2) is 21.5 Å². The fraction of sp³-hybridized carbons (Fsp3) is 0.357. The van der Waals surface area contributed by atoms with Gasteiger partial charge in [0.25, 0.3) is 0 Å². The fourth-order valence-corrected chi connectivity index (χ4v) is 2.09. The van der Waals surface area contributed by atoms with Gasteiger partial charge in [-0.15, -0.1) is 0 Å². The number of aliphatic hydroxyl groups excluding tert-OH is 1. The minimum Gasteiger partial charge on any atom is -0.394 e. The van der Waals surface area contributed by atoms with E-state index in [1.807, 2.05) is 30.6 Å². The molecule has 2 aromatic rings. The predicted molar refractivity (Wildman–Crippen MR) is 76.0 cm³/mol. The molecule has 4 nitrogen and oxygen atoms in total. The van der Waals surface area contributed by atoms with E-state index in [1.165, 1.54) is 0 Å². The Balaban J connectivity index is 1.90. The van der Waals surface area contributed by atoms with Crippen molar-refractivity contribution in [3.8, 4) is 0 Å². The molecule has 0 amide bonds. The third kappa shape index (κ3) is 4.06. The average Bonchev–Trinajstić information content (AvgIpc) is 2.84. The lowest BCUT2D eigenvalue weighted by Crippen LogP contribution is -2.17. The van der Waals surface area contributed by atoms with E-state index in [0.717, 1.165) is 22.7 Å².